The van der Waals surface area contributed by atoms with E-state index in [1.165, 1.54) is 11.3 Å². The number of aryl methyl sites for hydroxylation is 1. The minimum atomic E-state index is -3.50. The average Bonchev–Trinajstić information content (AvgIpc) is 2.81. The molecule has 4 nitrogen and oxygen atoms in total. The van der Waals surface area contributed by atoms with Crippen LogP contribution in [-0.2, 0) is 16.6 Å². The number of nitrogens with one attached hydrogen (secondary N) is 1. The van der Waals surface area contributed by atoms with Crippen molar-refractivity contribution in [3.05, 3.63) is 46.8 Å². The summed E-state index contributed by atoms with van der Waals surface area (Å²) < 4.78 is 27.0. The van der Waals surface area contributed by atoms with E-state index >= 15 is 0 Å². The molecule has 1 aromatic carbocycles. The van der Waals surface area contributed by atoms with E-state index in [4.69, 9.17) is 5.73 Å². The van der Waals surface area contributed by atoms with Crippen LogP contribution >= 0.6 is 11.3 Å². The molecular formula is C12H14N2O2S2. The first kappa shape index (κ1) is 13.1. The predicted molar refractivity (Wildman–Crippen MR) is 74.2 cm³/mol. The lowest BCUT2D eigenvalue weighted by atomic mass is 10.2. The van der Waals surface area contributed by atoms with Gasteiger partial charge in [0.25, 0.3) is 10.0 Å². The Hall–Kier alpha value is -1.37. The minimum absolute atomic E-state index is 0.281. The van der Waals surface area contributed by atoms with E-state index in [2.05, 4.69) is 4.72 Å². The fourth-order valence-corrected chi connectivity index (χ4v) is 3.73. The molecular weight excluding hydrogens is 268 g/mol. The molecule has 0 unspecified atom stereocenters. The van der Waals surface area contributed by atoms with Gasteiger partial charge in [0.15, 0.2) is 0 Å². The second kappa shape index (κ2) is 5.09. The maximum atomic E-state index is 12.1. The summed E-state index contributed by atoms with van der Waals surface area (Å²) in [4.78, 5) is 0.847. The van der Waals surface area contributed by atoms with Gasteiger partial charge in [0.05, 0.1) is 0 Å². The number of nitrogens with two attached hydrogens (primary N) is 1. The molecule has 1 heterocycles. The molecule has 3 N–H and O–H groups in total. The SMILES string of the molecule is Cc1ccc(NS(=O)(=O)c2ccc(CN)s2)cc1. The van der Waals surface area contributed by atoms with Crippen LogP contribution in [0.1, 0.15) is 10.4 Å². The Kier molecular flexibility index (Phi) is 3.70. The first-order valence-electron chi connectivity index (χ1n) is 5.39. The predicted octanol–water partition coefficient (Wildman–Crippen LogP) is 2.32. The van der Waals surface area contributed by atoms with Crippen molar-refractivity contribution in [3.8, 4) is 0 Å². The number of rotatable bonds is 4. The van der Waals surface area contributed by atoms with Gasteiger partial charge in [-0.05, 0) is 31.2 Å². The van der Waals surface area contributed by atoms with Crippen molar-refractivity contribution in [1.29, 1.82) is 0 Å². The topological polar surface area (TPSA) is 72.2 Å². The zero-order valence-electron chi connectivity index (χ0n) is 9.88. The number of sulfonamides is 1. The van der Waals surface area contributed by atoms with Gasteiger partial charge in [-0.1, -0.05) is 17.7 Å². The van der Waals surface area contributed by atoms with Crippen LogP contribution in [0.5, 0.6) is 0 Å². The second-order valence-electron chi connectivity index (χ2n) is 3.90. The third-order valence-corrected chi connectivity index (χ3v) is 5.39. The lowest BCUT2D eigenvalue weighted by Gasteiger charge is -2.06. The highest BCUT2D eigenvalue weighted by Gasteiger charge is 2.16. The van der Waals surface area contributed by atoms with E-state index in [0.29, 0.717) is 12.2 Å². The van der Waals surface area contributed by atoms with Gasteiger partial charge in [0.1, 0.15) is 4.21 Å². The second-order valence-corrected chi connectivity index (χ2v) is 6.97. The molecule has 0 atom stereocenters. The average molecular weight is 282 g/mol. The fraction of sp³-hybridized carbons (Fsp3) is 0.167. The molecule has 0 aliphatic carbocycles. The molecule has 0 fully saturated rings. The molecule has 18 heavy (non-hydrogen) atoms. The zero-order valence-corrected chi connectivity index (χ0v) is 11.5. The van der Waals surface area contributed by atoms with Gasteiger partial charge in [0, 0.05) is 17.1 Å². The summed E-state index contributed by atoms with van der Waals surface area (Å²) in [6.45, 7) is 2.30. The Morgan fingerprint density at radius 1 is 1.17 bits per heavy atom. The van der Waals surface area contributed by atoms with Crippen LogP contribution in [0.25, 0.3) is 0 Å². The van der Waals surface area contributed by atoms with E-state index in [1.54, 1.807) is 24.3 Å². The Morgan fingerprint density at radius 3 is 2.39 bits per heavy atom. The molecule has 0 amide bonds. The van der Waals surface area contributed by atoms with Gasteiger partial charge in [0.2, 0.25) is 0 Å². The first-order chi connectivity index (χ1) is 8.51. The van der Waals surface area contributed by atoms with E-state index in [0.717, 1.165) is 10.4 Å². The highest BCUT2D eigenvalue weighted by Crippen LogP contribution is 2.23. The summed E-state index contributed by atoms with van der Waals surface area (Å²) >= 11 is 1.19. The summed E-state index contributed by atoms with van der Waals surface area (Å²) in [7, 11) is -3.50. The molecule has 96 valence electrons. The largest absolute Gasteiger partial charge is 0.326 e. The van der Waals surface area contributed by atoms with Crippen LogP contribution < -0.4 is 10.5 Å². The monoisotopic (exact) mass is 282 g/mol. The molecule has 6 heteroatoms. The van der Waals surface area contributed by atoms with Crippen LogP contribution in [0.3, 0.4) is 0 Å². The van der Waals surface area contributed by atoms with Crippen molar-refractivity contribution < 1.29 is 8.42 Å². The summed E-state index contributed by atoms with van der Waals surface area (Å²) in [6, 6.07) is 10.5. The van der Waals surface area contributed by atoms with E-state index in [1.807, 2.05) is 19.1 Å². The molecule has 0 saturated carbocycles. The van der Waals surface area contributed by atoms with Crippen molar-refractivity contribution in [2.24, 2.45) is 5.73 Å². The van der Waals surface area contributed by atoms with E-state index < -0.39 is 10.0 Å². The van der Waals surface area contributed by atoms with Crippen LogP contribution in [0.2, 0.25) is 0 Å². The number of benzene rings is 1. The first-order valence-corrected chi connectivity index (χ1v) is 7.69. The lowest BCUT2D eigenvalue weighted by molar-refractivity contribution is 0.603. The van der Waals surface area contributed by atoms with Gasteiger partial charge < -0.3 is 5.73 Å². The van der Waals surface area contributed by atoms with Crippen LogP contribution in [0.15, 0.2) is 40.6 Å². The highest BCUT2D eigenvalue weighted by molar-refractivity contribution is 7.94. The molecule has 0 saturated heterocycles. The molecule has 0 bridgehead atoms. The Bertz CT molecular complexity index is 630. The van der Waals surface area contributed by atoms with Crippen molar-refractivity contribution in [1.82, 2.24) is 0 Å². The Labute approximate surface area is 111 Å². The summed E-state index contributed by atoms with van der Waals surface area (Å²) in [6.07, 6.45) is 0. The molecule has 2 aromatic rings. The maximum Gasteiger partial charge on any atom is 0.271 e. The molecule has 0 aliphatic rings. The van der Waals surface area contributed by atoms with Crippen LogP contribution in [0.4, 0.5) is 5.69 Å². The summed E-state index contributed by atoms with van der Waals surface area (Å²) in [5.41, 5.74) is 7.11. The van der Waals surface area contributed by atoms with Gasteiger partial charge in [-0.3, -0.25) is 4.72 Å². The molecule has 1 aromatic heterocycles. The van der Waals surface area contributed by atoms with Gasteiger partial charge >= 0.3 is 0 Å². The van der Waals surface area contributed by atoms with Crippen molar-refractivity contribution in [2.75, 3.05) is 4.72 Å². The molecule has 0 spiro atoms. The summed E-state index contributed by atoms with van der Waals surface area (Å²) in [5, 5.41) is 0. The zero-order chi connectivity index (χ0) is 13.2. The van der Waals surface area contributed by atoms with Gasteiger partial charge in [-0.2, -0.15) is 0 Å². The Morgan fingerprint density at radius 2 is 1.83 bits per heavy atom. The normalized spacial score (nSPS) is 11.4. The molecule has 2 rings (SSSR count). The van der Waals surface area contributed by atoms with Crippen LogP contribution in [0, 0.1) is 6.92 Å². The molecule has 0 radical (unpaired) electrons. The van der Waals surface area contributed by atoms with Crippen LogP contribution in [-0.4, -0.2) is 8.42 Å². The van der Waals surface area contributed by atoms with Gasteiger partial charge in [-0.15, -0.1) is 11.3 Å². The number of thiophene rings is 1. The Balaban J connectivity index is 2.24. The molecule has 0 aliphatic heterocycles. The third-order valence-electron chi connectivity index (χ3n) is 2.41. The quantitative estimate of drug-likeness (QED) is 0.904. The number of hydrogen-bond acceptors (Lipinski definition) is 4. The standard InChI is InChI=1S/C12H14N2O2S2/c1-9-2-4-10(5-3-9)14-18(15,16)12-7-6-11(8-13)17-12/h2-7,14H,8,13H2,1H3. The number of anilines is 1. The highest BCUT2D eigenvalue weighted by atomic mass is 32.2. The smallest absolute Gasteiger partial charge is 0.271 e. The third kappa shape index (κ3) is 2.90. The van der Waals surface area contributed by atoms with E-state index in [9.17, 15) is 8.42 Å². The minimum Gasteiger partial charge on any atom is -0.326 e. The van der Waals surface area contributed by atoms with Crippen molar-refractivity contribution in [3.63, 3.8) is 0 Å². The lowest BCUT2D eigenvalue weighted by Crippen LogP contribution is -2.11. The van der Waals surface area contributed by atoms with Crippen molar-refractivity contribution >= 4 is 27.0 Å². The maximum absolute atomic E-state index is 12.1. The van der Waals surface area contributed by atoms with Gasteiger partial charge in [-0.25, -0.2) is 8.42 Å². The number of hydrogen-bond donors (Lipinski definition) is 2. The van der Waals surface area contributed by atoms with Crippen molar-refractivity contribution in [2.45, 2.75) is 17.7 Å². The fourth-order valence-electron chi connectivity index (χ4n) is 1.44. The van der Waals surface area contributed by atoms with E-state index in [-0.39, 0.29) is 4.21 Å². The summed E-state index contributed by atoms with van der Waals surface area (Å²) in [5.74, 6) is 0.